The molecule has 1 saturated carbocycles. The molecule has 5 heteroatoms. The molecule has 2 aliphatic rings. The van der Waals surface area contributed by atoms with Gasteiger partial charge in [-0.15, -0.1) is 0 Å². The molecule has 0 atom stereocenters. The number of amides is 1. The van der Waals surface area contributed by atoms with E-state index in [0.717, 1.165) is 37.7 Å². The monoisotopic (exact) mass is 303 g/mol. The number of nitrogens with two attached hydrogens (primary N) is 1. The minimum Gasteiger partial charge on any atom is -0.389 e. The van der Waals surface area contributed by atoms with Gasteiger partial charge in [0, 0.05) is 43.9 Å². The van der Waals surface area contributed by atoms with Crippen LogP contribution >= 0.6 is 12.2 Å². The molecule has 1 saturated heterocycles. The first-order chi connectivity index (χ1) is 10.1. The van der Waals surface area contributed by atoms with Crippen LogP contribution in [0.5, 0.6) is 0 Å². The van der Waals surface area contributed by atoms with Crippen LogP contribution in [0, 0.1) is 5.92 Å². The van der Waals surface area contributed by atoms with Crippen molar-refractivity contribution in [1.82, 2.24) is 9.80 Å². The zero-order chi connectivity index (χ0) is 14.8. The van der Waals surface area contributed by atoms with Crippen LogP contribution in [0.4, 0.5) is 0 Å². The van der Waals surface area contributed by atoms with Gasteiger partial charge in [-0.05, 0) is 30.9 Å². The van der Waals surface area contributed by atoms with Crippen LogP contribution in [0.15, 0.2) is 24.3 Å². The average molecular weight is 303 g/mol. The first kappa shape index (κ1) is 14.5. The first-order valence-corrected chi connectivity index (χ1v) is 7.96. The van der Waals surface area contributed by atoms with Crippen LogP contribution < -0.4 is 5.73 Å². The summed E-state index contributed by atoms with van der Waals surface area (Å²) in [6.45, 7) is 4.79. The highest BCUT2D eigenvalue weighted by atomic mass is 32.1. The fourth-order valence-electron chi connectivity index (χ4n) is 2.79. The Morgan fingerprint density at radius 1 is 1.19 bits per heavy atom. The third kappa shape index (κ3) is 3.60. The molecule has 4 nitrogen and oxygen atoms in total. The summed E-state index contributed by atoms with van der Waals surface area (Å²) in [4.78, 5) is 17.3. The molecule has 1 aromatic rings. The van der Waals surface area contributed by atoms with E-state index in [4.69, 9.17) is 18.0 Å². The van der Waals surface area contributed by atoms with E-state index in [1.54, 1.807) is 6.07 Å². The Morgan fingerprint density at radius 3 is 2.48 bits per heavy atom. The first-order valence-electron chi connectivity index (χ1n) is 7.55. The molecule has 2 fully saturated rings. The third-order valence-corrected chi connectivity index (χ3v) is 4.50. The summed E-state index contributed by atoms with van der Waals surface area (Å²) in [5.41, 5.74) is 7.06. The normalized spacial score (nSPS) is 19.5. The highest BCUT2D eigenvalue weighted by Crippen LogP contribution is 2.30. The molecule has 0 radical (unpaired) electrons. The van der Waals surface area contributed by atoms with E-state index in [-0.39, 0.29) is 5.91 Å². The SMILES string of the molecule is NC(=S)c1cccc(C(=O)N2CCN(CC3CC3)CC2)c1. The van der Waals surface area contributed by atoms with Crippen molar-refractivity contribution in [3.8, 4) is 0 Å². The van der Waals surface area contributed by atoms with Crippen molar-refractivity contribution in [3.63, 3.8) is 0 Å². The topological polar surface area (TPSA) is 49.6 Å². The fraction of sp³-hybridized carbons (Fsp3) is 0.500. The molecule has 0 unspecified atom stereocenters. The fourth-order valence-corrected chi connectivity index (χ4v) is 2.91. The van der Waals surface area contributed by atoms with Gasteiger partial charge in [0.1, 0.15) is 4.99 Å². The van der Waals surface area contributed by atoms with Crippen LogP contribution in [0.25, 0.3) is 0 Å². The van der Waals surface area contributed by atoms with Crippen LogP contribution in [-0.2, 0) is 0 Å². The standard InChI is InChI=1S/C16H21N3OS/c17-15(21)13-2-1-3-14(10-13)16(20)19-8-6-18(7-9-19)11-12-4-5-12/h1-3,10,12H,4-9,11H2,(H2,17,21). The molecular formula is C16H21N3OS. The number of thiocarbonyl (C=S) groups is 1. The number of nitrogens with zero attached hydrogens (tertiary/aromatic N) is 2. The smallest absolute Gasteiger partial charge is 0.253 e. The molecule has 112 valence electrons. The second-order valence-electron chi connectivity index (χ2n) is 5.98. The summed E-state index contributed by atoms with van der Waals surface area (Å²) in [5, 5.41) is 0. The Balaban J connectivity index is 1.60. The van der Waals surface area contributed by atoms with Crippen molar-refractivity contribution < 1.29 is 4.79 Å². The summed E-state index contributed by atoms with van der Waals surface area (Å²) in [5.74, 6) is 0.994. The highest BCUT2D eigenvalue weighted by molar-refractivity contribution is 7.80. The molecular weight excluding hydrogens is 282 g/mol. The Kier molecular flexibility index (Phi) is 4.22. The summed E-state index contributed by atoms with van der Waals surface area (Å²) in [6.07, 6.45) is 2.76. The van der Waals surface area contributed by atoms with E-state index in [1.165, 1.54) is 19.4 Å². The largest absolute Gasteiger partial charge is 0.389 e. The maximum atomic E-state index is 12.5. The molecule has 1 amide bonds. The van der Waals surface area contributed by atoms with Gasteiger partial charge in [-0.25, -0.2) is 0 Å². The Morgan fingerprint density at radius 2 is 1.86 bits per heavy atom. The summed E-state index contributed by atoms with van der Waals surface area (Å²) < 4.78 is 0. The maximum Gasteiger partial charge on any atom is 0.253 e. The Labute approximate surface area is 130 Å². The zero-order valence-electron chi connectivity index (χ0n) is 12.1. The lowest BCUT2D eigenvalue weighted by Gasteiger charge is -2.34. The van der Waals surface area contributed by atoms with Crippen LogP contribution in [0.3, 0.4) is 0 Å². The van der Waals surface area contributed by atoms with Gasteiger partial charge in [0.2, 0.25) is 0 Å². The van der Waals surface area contributed by atoms with Crippen molar-refractivity contribution in [1.29, 1.82) is 0 Å². The van der Waals surface area contributed by atoms with E-state index in [0.29, 0.717) is 10.6 Å². The quantitative estimate of drug-likeness (QED) is 0.856. The molecule has 0 spiro atoms. The number of carbonyl (C=O) groups excluding carboxylic acids is 1. The van der Waals surface area contributed by atoms with E-state index in [9.17, 15) is 4.79 Å². The lowest BCUT2D eigenvalue weighted by molar-refractivity contribution is 0.0632. The van der Waals surface area contributed by atoms with Crippen molar-refractivity contribution in [3.05, 3.63) is 35.4 Å². The molecule has 1 heterocycles. The third-order valence-electron chi connectivity index (χ3n) is 4.27. The molecule has 1 aliphatic heterocycles. The number of piperazine rings is 1. The minimum atomic E-state index is 0.0826. The lowest BCUT2D eigenvalue weighted by Crippen LogP contribution is -2.49. The van der Waals surface area contributed by atoms with Crippen LogP contribution in [-0.4, -0.2) is 53.4 Å². The van der Waals surface area contributed by atoms with E-state index >= 15 is 0 Å². The van der Waals surface area contributed by atoms with Gasteiger partial charge in [0.25, 0.3) is 5.91 Å². The highest BCUT2D eigenvalue weighted by Gasteiger charge is 2.27. The molecule has 0 bridgehead atoms. The molecule has 2 N–H and O–H groups in total. The zero-order valence-corrected chi connectivity index (χ0v) is 12.9. The number of hydrogen-bond acceptors (Lipinski definition) is 3. The van der Waals surface area contributed by atoms with Crippen molar-refractivity contribution >= 4 is 23.1 Å². The van der Waals surface area contributed by atoms with Crippen molar-refractivity contribution in [2.24, 2.45) is 11.7 Å². The minimum absolute atomic E-state index is 0.0826. The molecule has 3 rings (SSSR count). The van der Waals surface area contributed by atoms with E-state index in [1.807, 2.05) is 23.1 Å². The molecule has 0 aromatic heterocycles. The Hall–Kier alpha value is -1.46. The number of benzene rings is 1. The number of carbonyl (C=O) groups is 1. The van der Waals surface area contributed by atoms with Crippen LogP contribution in [0.2, 0.25) is 0 Å². The number of hydrogen-bond donors (Lipinski definition) is 1. The van der Waals surface area contributed by atoms with Crippen molar-refractivity contribution in [2.45, 2.75) is 12.8 Å². The van der Waals surface area contributed by atoms with E-state index < -0.39 is 0 Å². The van der Waals surface area contributed by atoms with Gasteiger partial charge >= 0.3 is 0 Å². The van der Waals surface area contributed by atoms with Gasteiger partial charge in [-0.1, -0.05) is 24.4 Å². The van der Waals surface area contributed by atoms with Gasteiger partial charge in [0.05, 0.1) is 0 Å². The van der Waals surface area contributed by atoms with Gasteiger partial charge < -0.3 is 10.6 Å². The molecule has 21 heavy (non-hydrogen) atoms. The van der Waals surface area contributed by atoms with Gasteiger partial charge in [0.15, 0.2) is 0 Å². The van der Waals surface area contributed by atoms with Crippen LogP contribution in [0.1, 0.15) is 28.8 Å². The lowest BCUT2D eigenvalue weighted by atomic mass is 10.1. The maximum absolute atomic E-state index is 12.5. The predicted octanol–water partition coefficient (Wildman–Crippen LogP) is 1.49. The predicted molar refractivity (Wildman–Crippen MR) is 87.4 cm³/mol. The van der Waals surface area contributed by atoms with Crippen molar-refractivity contribution in [2.75, 3.05) is 32.7 Å². The summed E-state index contributed by atoms with van der Waals surface area (Å²) >= 11 is 4.97. The van der Waals surface area contributed by atoms with Gasteiger partial charge in [-0.2, -0.15) is 0 Å². The second-order valence-corrected chi connectivity index (χ2v) is 6.42. The summed E-state index contributed by atoms with van der Waals surface area (Å²) in [6, 6.07) is 7.31. The van der Waals surface area contributed by atoms with Gasteiger partial charge in [-0.3, -0.25) is 9.69 Å². The average Bonchev–Trinajstić information content (AvgIpc) is 3.31. The number of rotatable bonds is 4. The Bertz CT molecular complexity index is 548. The summed E-state index contributed by atoms with van der Waals surface area (Å²) in [7, 11) is 0. The molecule has 1 aliphatic carbocycles. The second kappa shape index (κ2) is 6.12. The molecule has 1 aromatic carbocycles. The van der Waals surface area contributed by atoms with E-state index in [2.05, 4.69) is 4.90 Å².